The van der Waals surface area contributed by atoms with E-state index in [1.165, 1.54) is 17.2 Å². The molecule has 0 amide bonds. The number of nitrogen functional groups attached to an aromatic ring is 1. The van der Waals surface area contributed by atoms with Crippen LogP contribution in [0.3, 0.4) is 0 Å². The lowest BCUT2D eigenvalue weighted by molar-refractivity contribution is -0.192. The van der Waals surface area contributed by atoms with Crippen molar-refractivity contribution in [2.24, 2.45) is 0 Å². The highest BCUT2D eigenvalue weighted by Crippen LogP contribution is 2.56. The fourth-order valence-corrected chi connectivity index (χ4v) is 5.55. The molecular weight excluding hydrogens is 483 g/mol. The van der Waals surface area contributed by atoms with Gasteiger partial charge in [-0.2, -0.15) is 0 Å². The van der Waals surface area contributed by atoms with Crippen LogP contribution in [0.2, 0.25) is 0 Å². The predicted octanol–water partition coefficient (Wildman–Crippen LogP) is 1.51. The molecule has 1 saturated heterocycles. The highest BCUT2D eigenvalue weighted by molar-refractivity contribution is 8.07. The first-order valence-electron chi connectivity index (χ1n) is 9.66. The number of aliphatic hydroxyl groups excluding tert-OH is 2. The van der Waals surface area contributed by atoms with Crippen molar-refractivity contribution in [3.05, 3.63) is 42.5 Å². The van der Waals surface area contributed by atoms with E-state index in [0.29, 0.717) is 5.75 Å². The number of hydrogen-bond acceptors (Lipinski definition) is 11. The average molecular weight is 501 g/mol. The minimum Gasteiger partial charge on any atom is -0.424 e. The third kappa shape index (κ3) is 3.67. The van der Waals surface area contributed by atoms with Crippen LogP contribution in [0, 0.1) is 0 Å². The van der Waals surface area contributed by atoms with Crippen LogP contribution in [-0.2, 0) is 32.2 Å². The Hall–Kier alpha value is -2.32. The topological polar surface area (TPSA) is 147 Å². The lowest BCUT2D eigenvalue weighted by atomic mass is 9.96. The zero-order valence-electron chi connectivity index (χ0n) is 16.7. The molecular formula is C18H18F2N5O6PS. The first-order valence-corrected chi connectivity index (χ1v) is 12.2. The second-order valence-electron chi connectivity index (χ2n) is 7.48. The van der Waals surface area contributed by atoms with E-state index >= 15 is 0 Å². The van der Waals surface area contributed by atoms with Crippen LogP contribution in [0.25, 0.3) is 11.2 Å². The molecule has 0 saturated carbocycles. The SMILES string of the molecule is Nc1ncnc2ncn(C3OC(COP4(=S)OCc5ccccc5O4)(C(F)F)C(O)C3O)c12. The van der Waals surface area contributed by atoms with Gasteiger partial charge in [0, 0.05) is 17.4 Å². The van der Waals surface area contributed by atoms with E-state index in [-0.39, 0.29) is 23.6 Å². The number of rotatable bonds is 5. The van der Waals surface area contributed by atoms with E-state index in [4.69, 9.17) is 35.8 Å². The van der Waals surface area contributed by atoms with Crippen LogP contribution >= 0.6 is 6.72 Å². The van der Waals surface area contributed by atoms with Gasteiger partial charge in [0.15, 0.2) is 23.3 Å². The summed E-state index contributed by atoms with van der Waals surface area (Å²) in [6.45, 7) is -4.32. The lowest BCUT2D eigenvalue weighted by Crippen LogP contribution is -2.52. The van der Waals surface area contributed by atoms with E-state index in [0.717, 1.165) is 5.56 Å². The van der Waals surface area contributed by atoms with Crippen LogP contribution in [-0.4, -0.2) is 60.6 Å². The summed E-state index contributed by atoms with van der Waals surface area (Å²) in [5, 5.41) is 21.2. The Morgan fingerprint density at radius 2 is 2.09 bits per heavy atom. The molecule has 176 valence electrons. The molecule has 5 atom stereocenters. The van der Waals surface area contributed by atoms with E-state index < -0.39 is 43.8 Å². The maximum Gasteiger partial charge on any atom is 0.381 e. The molecule has 0 aliphatic carbocycles. The highest BCUT2D eigenvalue weighted by Gasteiger charge is 2.61. The number of hydrogen-bond donors (Lipinski definition) is 3. The van der Waals surface area contributed by atoms with E-state index in [2.05, 4.69) is 15.0 Å². The van der Waals surface area contributed by atoms with Crippen LogP contribution < -0.4 is 10.3 Å². The molecule has 4 N–H and O–H groups in total. The summed E-state index contributed by atoms with van der Waals surface area (Å²) in [5.74, 6) is 0.413. The minimum absolute atomic E-state index is 0.00769. The summed E-state index contributed by atoms with van der Waals surface area (Å²) in [4.78, 5) is 11.8. The molecule has 5 unspecified atom stereocenters. The number of alkyl halides is 2. The van der Waals surface area contributed by atoms with Gasteiger partial charge in [0.05, 0.1) is 13.2 Å². The molecule has 33 heavy (non-hydrogen) atoms. The average Bonchev–Trinajstić information content (AvgIpc) is 3.33. The second kappa shape index (κ2) is 8.17. The van der Waals surface area contributed by atoms with Gasteiger partial charge in [0.1, 0.15) is 36.1 Å². The first kappa shape index (κ1) is 22.5. The number of aromatic nitrogens is 4. The Morgan fingerprint density at radius 3 is 2.88 bits per heavy atom. The zero-order chi connectivity index (χ0) is 23.4. The number of fused-ring (bicyclic) bond motifs is 2. The molecule has 0 spiro atoms. The normalized spacial score (nSPS) is 31.6. The van der Waals surface area contributed by atoms with Crippen molar-refractivity contribution >= 4 is 35.5 Å². The molecule has 11 nitrogen and oxygen atoms in total. The number of benzene rings is 1. The summed E-state index contributed by atoms with van der Waals surface area (Å²) in [5.41, 5.74) is 4.27. The fraction of sp³-hybridized carbons (Fsp3) is 0.389. The summed E-state index contributed by atoms with van der Waals surface area (Å²) in [7, 11) is 0. The monoisotopic (exact) mass is 501 g/mol. The van der Waals surface area contributed by atoms with Crippen molar-refractivity contribution in [1.29, 1.82) is 0 Å². The Labute approximate surface area is 190 Å². The van der Waals surface area contributed by atoms with Crippen LogP contribution in [0.4, 0.5) is 14.6 Å². The maximum absolute atomic E-state index is 14.3. The lowest BCUT2D eigenvalue weighted by Gasteiger charge is -2.34. The number of anilines is 1. The predicted molar refractivity (Wildman–Crippen MR) is 113 cm³/mol. The molecule has 1 aromatic carbocycles. The van der Waals surface area contributed by atoms with Gasteiger partial charge < -0.3 is 25.2 Å². The molecule has 3 aromatic rings. The van der Waals surface area contributed by atoms with Gasteiger partial charge in [-0.3, -0.25) is 13.6 Å². The molecule has 2 aliphatic heterocycles. The quantitative estimate of drug-likeness (QED) is 0.437. The van der Waals surface area contributed by atoms with Crippen LogP contribution in [0.1, 0.15) is 11.8 Å². The molecule has 1 fully saturated rings. The van der Waals surface area contributed by atoms with Gasteiger partial charge in [-0.25, -0.2) is 23.7 Å². The Morgan fingerprint density at radius 1 is 1.30 bits per heavy atom. The maximum atomic E-state index is 14.3. The summed E-state index contributed by atoms with van der Waals surface area (Å²) in [6, 6.07) is 6.93. The van der Waals surface area contributed by atoms with E-state index in [1.807, 2.05) is 0 Å². The summed E-state index contributed by atoms with van der Waals surface area (Å²) >= 11 is 5.31. The van der Waals surface area contributed by atoms with Crippen LogP contribution in [0.15, 0.2) is 36.9 Å². The number of para-hydroxylation sites is 1. The smallest absolute Gasteiger partial charge is 0.381 e. The van der Waals surface area contributed by atoms with Gasteiger partial charge >= 0.3 is 6.72 Å². The fourth-order valence-electron chi connectivity index (χ4n) is 3.74. The largest absolute Gasteiger partial charge is 0.424 e. The van der Waals surface area contributed by atoms with Gasteiger partial charge in [0.25, 0.3) is 6.43 Å². The Balaban J connectivity index is 1.42. The van der Waals surface area contributed by atoms with Gasteiger partial charge in [-0.1, -0.05) is 18.2 Å². The van der Waals surface area contributed by atoms with Crippen molar-refractivity contribution < 1.29 is 37.3 Å². The molecule has 2 aromatic heterocycles. The number of imidazole rings is 1. The van der Waals surface area contributed by atoms with Crippen LogP contribution in [0.5, 0.6) is 5.75 Å². The number of nitrogens with zero attached hydrogens (tertiary/aromatic N) is 4. The molecule has 15 heteroatoms. The number of ether oxygens (including phenoxy) is 1. The minimum atomic E-state index is -3.49. The van der Waals surface area contributed by atoms with Gasteiger partial charge in [-0.05, 0) is 6.07 Å². The third-order valence-corrected chi connectivity index (χ3v) is 7.67. The first-order chi connectivity index (χ1) is 15.7. The highest BCUT2D eigenvalue weighted by atomic mass is 32.5. The number of halogens is 2. The molecule has 2 aliphatic rings. The Bertz CT molecular complexity index is 1250. The van der Waals surface area contributed by atoms with Crippen molar-refractivity contribution in [3.63, 3.8) is 0 Å². The number of aliphatic hydroxyl groups is 2. The van der Waals surface area contributed by atoms with E-state index in [1.54, 1.807) is 24.3 Å². The Kier molecular flexibility index (Phi) is 5.56. The van der Waals surface area contributed by atoms with Gasteiger partial charge in [0.2, 0.25) is 0 Å². The molecule has 0 bridgehead atoms. The standard InChI is InChI=1S/C18H18F2N5O6PS/c19-17(20)18(6-29-32(33)28-5-9-3-1-2-4-10(9)31-32)13(27)12(26)16(30-18)25-8-24-15-11(25)14(21)22-7-23-15/h1-4,7-8,12-13,16-17,26-27H,5-6H2,(H2,21,22,23). The van der Waals surface area contributed by atoms with Gasteiger partial charge in [-0.15, -0.1) is 0 Å². The molecule has 0 radical (unpaired) electrons. The molecule has 5 rings (SSSR count). The van der Waals surface area contributed by atoms with E-state index in [9.17, 15) is 19.0 Å². The second-order valence-corrected chi connectivity index (χ2v) is 10.4. The van der Waals surface area contributed by atoms with Crippen molar-refractivity contribution in [2.45, 2.75) is 37.1 Å². The third-order valence-electron chi connectivity index (χ3n) is 5.50. The number of nitrogens with two attached hydrogens (primary N) is 1. The van der Waals surface area contributed by atoms with Crippen molar-refractivity contribution in [2.75, 3.05) is 12.3 Å². The van der Waals surface area contributed by atoms with Crippen molar-refractivity contribution in [3.8, 4) is 5.75 Å². The molecule has 4 heterocycles. The zero-order valence-corrected chi connectivity index (χ0v) is 18.4. The van der Waals surface area contributed by atoms with Crippen molar-refractivity contribution in [1.82, 2.24) is 19.5 Å². The summed E-state index contributed by atoms with van der Waals surface area (Å²) < 4.78 is 51.9. The summed E-state index contributed by atoms with van der Waals surface area (Å²) in [6.07, 6.45) is -6.21.